The van der Waals surface area contributed by atoms with E-state index in [1.54, 1.807) is 12.1 Å². The fraction of sp³-hybridized carbons (Fsp3) is 0.556. The van der Waals surface area contributed by atoms with Crippen LogP contribution in [0.5, 0.6) is 0 Å². The first kappa shape index (κ1) is 24.7. The van der Waals surface area contributed by atoms with E-state index in [1.807, 2.05) is 31.1 Å². The maximum Gasteiger partial charge on any atom is 0.251 e. The molecule has 0 saturated heterocycles. The lowest BCUT2D eigenvalue weighted by Gasteiger charge is -2.12. The molecule has 0 bridgehead atoms. The summed E-state index contributed by atoms with van der Waals surface area (Å²) >= 11 is 0. The van der Waals surface area contributed by atoms with Gasteiger partial charge in [0.15, 0.2) is 0 Å². The molecule has 1 aromatic carbocycles. The van der Waals surface area contributed by atoms with E-state index in [-0.39, 0.29) is 48.6 Å². The van der Waals surface area contributed by atoms with Crippen molar-refractivity contribution in [3.63, 3.8) is 0 Å². The van der Waals surface area contributed by atoms with Crippen molar-refractivity contribution in [2.75, 3.05) is 27.2 Å². The first-order valence-corrected chi connectivity index (χ1v) is 8.51. The Morgan fingerprint density at radius 2 is 1.77 bits per heavy atom. The molecule has 0 heterocycles. The standard InChI is InChI=1S/C18H28N4O2.2ClH/c1-22(2)10-9-20-17(23)14-5-3-13(4-6-14)12-21-18(24)15-7-8-16(19)11-15;;/h3-6,15-16H,7-12,19H2,1-2H3,(H,20,23)(H,21,24);2*1H. The van der Waals surface area contributed by atoms with Crippen LogP contribution >= 0.6 is 24.8 Å². The quantitative estimate of drug-likeness (QED) is 0.643. The van der Waals surface area contributed by atoms with Gasteiger partial charge in [-0.1, -0.05) is 12.1 Å². The van der Waals surface area contributed by atoms with Crippen LogP contribution in [0.4, 0.5) is 0 Å². The minimum Gasteiger partial charge on any atom is -0.352 e. The van der Waals surface area contributed by atoms with E-state index < -0.39 is 0 Å². The normalized spacial score (nSPS) is 18.6. The highest BCUT2D eigenvalue weighted by Gasteiger charge is 2.27. The summed E-state index contributed by atoms with van der Waals surface area (Å²) in [5.41, 5.74) is 7.46. The van der Waals surface area contributed by atoms with Gasteiger partial charge in [0.25, 0.3) is 5.91 Å². The zero-order chi connectivity index (χ0) is 17.5. The Hall–Kier alpha value is -1.34. The van der Waals surface area contributed by atoms with Gasteiger partial charge in [0.05, 0.1) is 0 Å². The lowest BCUT2D eigenvalue weighted by atomic mass is 10.1. The molecule has 0 aliphatic heterocycles. The first-order valence-electron chi connectivity index (χ1n) is 8.51. The van der Waals surface area contributed by atoms with Gasteiger partial charge in [-0.3, -0.25) is 9.59 Å². The van der Waals surface area contributed by atoms with Crippen LogP contribution in [0.25, 0.3) is 0 Å². The van der Waals surface area contributed by atoms with E-state index in [9.17, 15) is 9.59 Å². The van der Waals surface area contributed by atoms with Crippen molar-refractivity contribution >= 4 is 36.6 Å². The van der Waals surface area contributed by atoms with Crippen LogP contribution in [0, 0.1) is 5.92 Å². The van der Waals surface area contributed by atoms with Crippen molar-refractivity contribution in [2.45, 2.75) is 31.8 Å². The first-order chi connectivity index (χ1) is 11.5. The van der Waals surface area contributed by atoms with Gasteiger partial charge in [-0.25, -0.2) is 0 Å². The SMILES string of the molecule is CN(C)CCNC(=O)c1ccc(CNC(=O)C2CCC(N)C2)cc1.Cl.Cl. The Labute approximate surface area is 168 Å². The number of likely N-dealkylation sites (N-methyl/N-ethyl adjacent to an activating group) is 1. The van der Waals surface area contributed by atoms with E-state index in [0.29, 0.717) is 18.7 Å². The molecule has 1 aromatic rings. The summed E-state index contributed by atoms with van der Waals surface area (Å²) in [4.78, 5) is 26.1. The summed E-state index contributed by atoms with van der Waals surface area (Å²) in [5.74, 6) is 0.0441. The minimum absolute atomic E-state index is 0. The minimum atomic E-state index is -0.0765. The summed E-state index contributed by atoms with van der Waals surface area (Å²) in [6, 6.07) is 7.49. The molecule has 1 aliphatic rings. The molecule has 6 nitrogen and oxygen atoms in total. The Bertz CT molecular complexity index is 567. The van der Waals surface area contributed by atoms with Gasteiger partial charge in [0, 0.05) is 37.2 Å². The number of nitrogens with one attached hydrogen (secondary N) is 2. The predicted molar refractivity (Wildman–Crippen MR) is 109 cm³/mol. The predicted octanol–water partition coefficient (Wildman–Crippen LogP) is 1.57. The van der Waals surface area contributed by atoms with Crippen molar-refractivity contribution in [1.82, 2.24) is 15.5 Å². The van der Waals surface area contributed by atoms with E-state index in [2.05, 4.69) is 10.6 Å². The number of rotatable bonds is 7. The van der Waals surface area contributed by atoms with Crippen molar-refractivity contribution in [3.8, 4) is 0 Å². The molecule has 1 aliphatic carbocycles. The van der Waals surface area contributed by atoms with E-state index in [0.717, 1.165) is 31.4 Å². The third-order valence-corrected chi connectivity index (χ3v) is 4.37. The number of carbonyl (C=O) groups excluding carboxylic acids is 2. The molecule has 148 valence electrons. The zero-order valence-electron chi connectivity index (χ0n) is 15.4. The smallest absolute Gasteiger partial charge is 0.251 e. The van der Waals surface area contributed by atoms with Gasteiger partial charge in [-0.2, -0.15) is 0 Å². The third-order valence-electron chi connectivity index (χ3n) is 4.37. The number of hydrogen-bond donors (Lipinski definition) is 3. The van der Waals surface area contributed by atoms with Crippen LogP contribution < -0.4 is 16.4 Å². The Kier molecular flexibility index (Phi) is 11.5. The van der Waals surface area contributed by atoms with E-state index in [1.165, 1.54) is 0 Å². The molecule has 4 N–H and O–H groups in total. The lowest BCUT2D eigenvalue weighted by molar-refractivity contribution is -0.125. The summed E-state index contributed by atoms with van der Waals surface area (Å²) < 4.78 is 0. The second-order valence-corrected chi connectivity index (χ2v) is 6.74. The molecule has 2 rings (SSSR count). The summed E-state index contributed by atoms with van der Waals surface area (Å²) in [6.45, 7) is 1.90. The Morgan fingerprint density at radius 3 is 2.31 bits per heavy atom. The van der Waals surface area contributed by atoms with Gasteiger partial charge in [-0.15, -0.1) is 24.8 Å². The Balaban J connectivity index is 0.00000312. The third kappa shape index (κ3) is 7.91. The van der Waals surface area contributed by atoms with E-state index in [4.69, 9.17) is 5.73 Å². The highest BCUT2D eigenvalue weighted by molar-refractivity contribution is 5.94. The molecule has 2 amide bonds. The van der Waals surface area contributed by atoms with Crippen molar-refractivity contribution in [1.29, 1.82) is 0 Å². The number of nitrogens with zero attached hydrogens (tertiary/aromatic N) is 1. The number of carbonyl (C=O) groups is 2. The van der Waals surface area contributed by atoms with Gasteiger partial charge >= 0.3 is 0 Å². The van der Waals surface area contributed by atoms with Gasteiger partial charge in [0.1, 0.15) is 0 Å². The fourth-order valence-corrected chi connectivity index (χ4v) is 2.86. The number of hydrogen-bond acceptors (Lipinski definition) is 4. The fourth-order valence-electron chi connectivity index (χ4n) is 2.86. The zero-order valence-corrected chi connectivity index (χ0v) is 17.0. The average molecular weight is 405 g/mol. The molecule has 0 aromatic heterocycles. The maximum atomic E-state index is 12.1. The van der Waals surface area contributed by atoms with Crippen molar-refractivity contribution in [3.05, 3.63) is 35.4 Å². The molecule has 26 heavy (non-hydrogen) atoms. The highest BCUT2D eigenvalue weighted by Crippen LogP contribution is 2.24. The van der Waals surface area contributed by atoms with Crippen LogP contribution in [0.15, 0.2) is 24.3 Å². The van der Waals surface area contributed by atoms with Crippen molar-refractivity contribution < 1.29 is 9.59 Å². The van der Waals surface area contributed by atoms with Gasteiger partial charge in [0.2, 0.25) is 5.91 Å². The number of benzene rings is 1. The molecule has 0 radical (unpaired) electrons. The van der Waals surface area contributed by atoms with Crippen molar-refractivity contribution in [2.24, 2.45) is 11.7 Å². The Morgan fingerprint density at radius 1 is 1.12 bits per heavy atom. The molecule has 8 heteroatoms. The molecule has 1 saturated carbocycles. The molecule has 2 atom stereocenters. The van der Waals surface area contributed by atoms with Crippen LogP contribution in [0.3, 0.4) is 0 Å². The van der Waals surface area contributed by atoms with Crippen LogP contribution in [-0.4, -0.2) is 49.9 Å². The van der Waals surface area contributed by atoms with Crippen LogP contribution in [0.1, 0.15) is 35.2 Å². The molecule has 0 spiro atoms. The summed E-state index contributed by atoms with van der Waals surface area (Å²) in [7, 11) is 3.93. The molecule has 1 fully saturated rings. The second kappa shape index (κ2) is 12.1. The van der Waals surface area contributed by atoms with E-state index >= 15 is 0 Å². The number of halogens is 2. The topological polar surface area (TPSA) is 87.5 Å². The largest absolute Gasteiger partial charge is 0.352 e. The summed E-state index contributed by atoms with van der Waals surface area (Å²) in [6.07, 6.45) is 2.58. The van der Waals surface area contributed by atoms with Crippen LogP contribution in [0.2, 0.25) is 0 Å². The number of amides is 2. The van der Waals surface area contributed by atoms with Gasteiger partial charge < -0.3 is 21.3 Å². The highest BCUT2D eigenvalue weighted by atomic mass is 35.5. The maximum absolute atomic E-state index is 12.1. The lowest BCUT2D eigenvalue weighted by Crippen LogP contribution is -2.31. The molecular formula is C18H30Cl2N4O2. The van der Waals surface area contributed by atoms with Crippen LogP contribution in [-0.2, 0) is 11.3 Å². The average Bonchev–Trinajstić information content (AvgIpc) is 2.99. The monoisotopic (exact) mass is 404 g/mol. The number of nitrogens with two attached hydrogens (primary N) is 1. The summed E-state index contributed by atoms with van der Waals surface area (Å²) in [5, 5.41) is 5.84. The van der Waals surface area contributed by atoms with Gasteiger partial charge in [-0.05, 0) is 51.1 Å². The molecular weight excluding hydrogens is 375 g/mol. The molecule has 2 unspecified atom stereocenters. The second-order valence-electron chi connectivity index (χ2n) is 6.74.